The van der Waals surface area contributed by atoms with E-state index in [1.807, 2.05) is 66.7 Å². The number of furan rings is 1. The molecule has 0 bridgehead atoms. The maximum atomic E-state index is 13.4. The van der Waals surface area contributed by atoms with E-state index in [-0.39, 0.29) is 5.82 Å². The van der Waals surface area contributed by atoms with Crippen LogP contribution in [0.4, 0.5) is 4.39 Å². The number of nitrogens with zero attached hydrogens (tertiary/aromatic N) is 2. The predicted octanol–water partition coefficient (Wildman–Crippen LogP) is 6.89. The van der Waals surface area contributed by atoms with Crippen molar-refractivity contribution < 1.29 is 18.3 Å². The molecule has 0 aliphatic rings. The summed E-state index contributed by atoms with van der Waals surface area (Å²) in [6, 6.07) is 27.2. The molecule has 3 aromatic carbocycles. The number of ether oxygens (including phenoxy) is 2. The molecule has 0 aliphatic heterocycles. The van der Waals surface area contributed by atoms with Gasteiger partial charge in [0.15, 0.2) is 0 Å². The monoisotopic (exact) mass is 452 g/mol. The van der Waals surface area contributed by atoms with Crippen LogP contribution in [0.2, 0.25) is 0 Å². The van der Waals surface area contributed by atoms with Crippen molar-refractivity contribution in [2.75, 3.05) is 14.2 Å². The van der Waals surface area contributed by atoms with Gasteiger partial charge >= 0.3 is 0 Å². The van der Waals surface area contributed by atoms with Gasteiger partial charge in [0.25, 0.3) is 0 Å². The van der Waals surface area contributed by atoms with E-state index in [1.54, 1.807) is 26.4 Å². The largest absolute Gasteiger partial charge is 0.497 e. The average molecular weight is 452 g/mol. The second kappa shape index (κ2) is 9.19. The number of halogens is 1. The van der Waals surface area contributed by atoms with Gasteiger partial charge < -0.3 is 13.9 Å². The Hall–Kier alpha value is -4.45. The molecule has 0 saturated heterocycles. The Morgan fingerprint density at radius 1 is 0.618 bits per heavy atom. The first kappa shape index (κ1) is 21.4. The first-order valence-corrected chi connectivity index (χ1v) is 10.7. The molecule has 2 aromatic heterocycles. The van der Waals surface area contributed by atoms with Crippen LogP contribution >= 0.6 is 0 Å². The minimum Gasteiger partial charge on any atom is -0.497 e. The highest BCUT2D eigenvalue weighted by atomic mass is 19.1. The van der Waals surface area contributed by atoms with Gasteiger partial charge in [-0.25, -0.2) is 4.39 Å². The highest BCUT2D eigenvalue weighted by Crippen LogP contribution is 2.36. The van der Waals surface area contributed by atoms with E-state index in [2.05, 4.69) is 10.2 Å². The van der Waals surface area contributed by atoms with Gasteiger partial charge in [-0.1, -0.05) is 0 Å². The van der Waals surface area contributed by atoms with Crippen molar-refractivity contribution in [3.8, 4) is 56.7 Å². The van der Waals surface area contributed by atoms with Crippen LogP contribution in [0.5, 0.6) is 11.5 Å². The molecule has 0 radical (unpaired) electrons. The van der Waals surface area contributed by atoms with Gasteiger partial charge in [-0.05, 0) is 91.0 Å². The van der Waals surface area contributed by atoms with E-state index in [1.165, 1.54) is 12.1 Å². The van der Waals surface area contributed by atoms with Crippen molar-refractivity contribution in [1.82, 2.24) is 10.2 Å². The molecule has 0 aliphatic carbocycles. The lowest BCUT2D eigenvalue weighted by molar-refractivity contribution is 0.414. The number of methoxy groups -OCH3 is 2. The molecule has 0 spiro atoms. The minimum absolute atomic E-state index is 0.292. The lowest BCUT2D eigenvalue weighted by Crippen LogP contribution is -1.95. The molecule has 34 heavy (non-hydrogen) atoms. The number of hydrogen-bond donors (Lipinski definition) is 0. The Kier molecular flexibility index (Phi) is 5.79. The molecule has 0 N–H and O–H groups in total. The van der Waals surface area contributed by atoms with Crippen LogP contribution in [0.25, 0.3) is 45.2 Å². The van der Waals surface area contributed by atoms with Crippen LogP contribution in [0.1, 0.15) is 0 Å². The molecule has 6 heteroatoms. The summed E-state index contributed by atoms with van der Waals surface area (Å²) in [5, 5.41) is 9.04. The molecular weight excluding hydrogens is 431 g/mol. The third-order valence-electron chi connectivity index (χ3n) is 5.54. The van der Waals surface area contributed by atoms with Crippen LogP contribution in [0.15, 0.2) is 95.4 Å². The molecular formula is C28H21FN2O3. The van der Waals surface area contributed by atoms with Gasteiger partial charge in [-0.2, -0.15) is 0 Å². The topological polar surface area (TPSA) is 57.4 Å². The normalized spacial score (nSPS) is 10.8. The lowest BCUT2D eigenvalue weighted by Gasteiger charge is -2.10. The first-order chi connectivity index (χ1) is 16.6. The summed E-state index contributed by atoms with van der Waals surface area (Å²) in [5.74, 6) is 2.50. The number of hydrogen-bond acceptors (Lipinski definition) is 5. The Balaban J connectivity index is 1.61. The van der Waals surface area contributed by atoms with Crippen LogP contribution in [-0.4, -0.2) is 24.4 Å². The molecule has 2 heterocycles. The standard InChI is InChI=1S/C28H21FN2O3/c1-32-22-11-5-18(6-12-22)25-17-24(28(31-30-25)20-7-13-23(33-2)14-8-20)27-16-15-26(34-27)19-3-9-21(29)10-4-19/h3-17H,1-2H3. The van der Waals surface area contributed by atoms with Crippen LogP contribution in [0.3, 0.4) is 0 Å². The average Bonchev–Trinajstić information content (AvgIpc) is 3.39. The molecule has 0 fully saturated rings. The summed E-state index contributed by atoms with van der Waals surface area (Å²) in [4.78, 5) is 0. The SMILES string of the molecule is COc1ccc(-c2cc(-c3ccc(-c4ccc(F)cc4)o3)c(-c3ccc(OC)cc3)nn2)cc1. The predicted molar refractivity (Wildman–Crippen MR) is 129 cm³/mol. The summed E-state index contributed by atoms with van der Waals surface area (Å²) in [7, 11) is 3.26. The van der Waals surface area contributed by atoms with E-state index in [0.717, 1.165) is 33.8 Å². The molecule has 5 nitrogen and oxygen atoms in total. The van der Waals surface area contributed by atoms with Crippen molar-refractivity contribution in [1.29, 1.82) is 0 Å². The highest BCUT2D eigenvalue weighted by molar-refractivity contribution is 5.82. The number of benzene rings is 3. The van der Waals surface area contributed by atoms with Crippen molar-refractivity contribution in [2.45, 2.75) is 0 Å². The molecule has 5 rings (SSSR count). The third kappa shape index (κ3) is 4.26. The number of rotatable bonds is 6. The summed E-state index contributed by atoms with van der Waals surface area (Å²) in [5.41, 5.74) is 4.75. The fourth-order valence-electron chi connectivity index (χ4n) is 3.70. The summed E-state index contributed by atoms with van der Waals surface area (Å²) >= 11 is 0. The quantitative estimate of drug-likeness (QED) is 0.281. The maximum Gasteiger partial charge on any atom is 0.137 e. The zero-order valence-corrected chi connectivity index (χ0v) is 18.7. The van der Waals surface area contributed by atoms with Gasteiger partial charge in [-0.3, -0.25) is 0 Å². The minimum atomic E-state index is -0.292. The number of aromatic nitrogens is 2. The van der Waals surface area contributed by atoms with Gasteiger partial charge in [-0.15, -0.1) is 10.2 Å². The van der Waals surface area contributed by atoms with Gasteiger partial charge in [0.1, 0.15) is 34.5 Å². The van der Waals surface area contributed by atoms with Gasteiger partial charge in [0, 0.05) is 22.3 Å². The third-order valence-corrected chi connectivity index (χ3v) is 5.54. The van der Waals surface area contributed by atoms with Crippen molar-refractivity contribution in [2.24, 2.45) is 0 Å². The van der Waals surface area contributed by atoms with Crippen LogP contribution in [-0.2, 0) is 0 Å². The molecule has 168 valence electrons. The molecule has 5 aromatic rings. The van der Waals surface area contributed by atoms with Crippen LogP contribution < -0.4 is 9.47 Å². The molecule has 0 amide bonds. The van der Waals surface area contributed by atoms with Gasteiger partial charge in [0.2, 0.25) is 0 Å². The first-order valence-electron chi connectivity index (χ1n) is 10.7. The summed E-state index contributed by atoms with van der Waals surface area (Å²) in [6.07, 6.45) is 0. The van der Waals surface area contributed by atoms with E-state index < -0.39 is 0 Å². The van der Waals surface area contributed by atoms with E-state index >= 15 is 0 Å². The molecule has 0 unspecified atom stereocenters. The van der Waals surface area contributed by atoms with E-state index in [9.17, 15) is 4.39 Å². The lowest BCUT2D eigenvalue weighted by atomic mass is 10.0. The van der Waals surface area contributed by atoms with E-state index in [4.69, 9.17) is 13.9 Å². The smallest absolute Gasteiger partial charge is 0.137 e. The summed E-state index contributed by atoms with van der Waals surface area (Å²) in [6.45, 7) is 0. The van der Waals surface area contributed by atoms with E-state index in [0.29, 0.717) is 22.9 Å². The highest BCUT2D eigenvalue weighted by Gasteiger charge is 2.17. The second-order valence-electron chi connectivity index (χ2n) is 7.62. The zero-order chi connectivity index (χ0) is 23.5. The van der Waals surface area contributed by atoms with Crippen molar-refractivity contribution in [3.63, 3.8) is 0 Å². The Bertz CT molecular complexity index is 1410. The van der Waals surface area contributed by atoms with Crippen molar-refractivity contribution >= 4 is 0 Å². The zero-order valence-electron chi connectivity index (χ0n) is 18.7. The maximum absolute atomic E-state index is 13.4. The fourth-order valence-corrected chi connectivity index (χ4v) is 3.70. The fraction of sp³-hybridized carbons (Fsp3) is 0.0714. The Labute approximate surface area is 196 Å². The Morgan fingerprint density at radius 2 is 1.18 bits per heavy atom. The van der Waals surface area contributed by atoms with Crippen molar-refractivity contribution in [3.05, 3.63) is 96.8 Å². The summed E-state index contributed by atoms with van der Waals surface area (Å²) < 4.78 is 30.1. The second-order valence-corrected chi connectivity index (χ2v) is 7.62. The molecule has 0 atom stereocenters. The Morgan fingerprint density at radius 3 is 1.79 bits per heavy atom. The molecule has 0 saturated carbocycles. The van der Waals surface area contributed by atoms with Gasteiger partial charge in [0.05, 0.1) is 19.9 Å². The van der Waals surface area contributed by atoms with Crippen LogP contribution in [0, 0.1) is 5.82 Å².